The molecule has 2 aromatic rings. The molecule has 0 atom stereocenters. The molecule has 2 N–H and O–H groups in total. The van der Waals surface area contributed by atoms with Crippen molar-refractivity contribution >= 4 is 23.2 Å². The molecule has 6 heteroatoms. The fourth-order valence-corrected chi connectivity index (χ4v) is 2.20. The van der Waals surface area contributed by atoms with Crippen LogP contribution in [0.4, 0.5) is 0 Å². The number of rotatable bonds is 4. The molecular weight excluding hydrogens is 276 g/mol. The molecule has 0 unspecified atom stereocenters. The lowest BCUT2D eigenvalue weighted by Gasteiger charge is -2.10. The third-order valence-electron chi connectivity index (χ3n) is 2.47. The van der Waals surface area contributed by atoms with Crippen LogP contribution in [0.1, 0.15) is 27.0 Å². The van der Waals surface area contributed by atoms with Gasteiger partial charge >= 0.3 is 0 Å². The van der Waals surface area contributed by atoms with Crippen molar-refractivity contribution in [3.63, 3.8) is 0 Å². The van der Waals surface area contributed by atoms with E-state index in [1.54, 1.807) is 41.8 Å². The van der Waals surface area contributed by atoms with Crippen LogP contribution in [-0.4, -0.2) is 18.4 Å². The molecule has 0 aliphatic heterocycles. The van der Waals surface area contributed by atoms with Crippen molar-refractivity contribution in [1.82, 2.24) is 10.9 Å². The number of hydrogen-bond acceptors (Lipinski definition) is 4. The summed E-state index contributed by atoms with van der Waals surface area (Å²) in [4.78, 5) is 24.2. The average molecular weight is 290 g/mol. The van der Waals surface area contributed by atoms with Crippen LogP contribution in [-0.2, 0) is 0 Å². The maximum Gasteiger partial charge on any atom is 0.279 e. The van der Waals surface area contributed by atoms with E-state index >= 15 is 0 Å². The van der Waals surface area contributed by atoms with Gasteiger partial charge in [-0.1, -0.05) is 18.2 Å². The predicted molar refractivity (Wildman–Crippen MR) is 76.9 cm³/mol. The zero-order valence-electron chi connectivity index (χ0n) is 10.9. The van der Waals surface area contributed by atoms with E-state index in [4.69, 9.17) is 4.74 Å². The molecule has 0 radical (unpaired) electrons. The summed E-state index contributed by atoms with van der Waals surface area (Å²) in [5.41, 5.74) is 5.12. The zero-order valence-corrected chi connectivity index (χ0v) is 11.7. The Morgan fingerprint density at radius 2 is 1.85 bits per heavy atom. The molecule has 0 saturated carbocycles. The van der Waals surface area contributed by atoms with Gasteiger partial charge in [-0.05, 0) is 30.5 Å². The summed E-state index contributed by atoms with van der Waals surface area (Å²) < 4.78 is 5.37. The molecule has 0 spiro atoms. The molecule has 2 rings (SSSR count). The SMILES string of the molecule is CCOc1ccccc1C(=O)NNC(=O)c1cccs1. The fraction of sp³-hybridized carbons (Fsp3) is 0.143. The standard InChI is InChI=1S/C14H14N2O3S/c1-2-19-11-7-4-3-6-10(11)13(17)15-16-14(18)12-8-5-9-20-12/h3-9H,2H2,1H3,(H,15,17)(H,16,18). The topological polar surface area (TPSA) is 67.4 Å². The Kier molecular flexibility index (Phi) is 4.73. The molecule has 0 saturated heterocycles. The quantitative estimate of drug-likeness (QED) is 0.848. The number of para-hydroxylation sites is 1. The highest BCUT2D eigenvalue weighted by molar-refractivity contribution is 7.12. The number of hydrazine groups is 1. The molecule has 1 heterocycles. The third-order valence-corrected chi connectivity index (χ3v) is 3.33. The number of carbonyl (C=O) groups excluding carboxylic acids is 2. The van der Waals surface area contributed by atoms with E-state index in [0.29, 0.717) is 22.8 Å². The first kappa shape index (κ1) is 14.1. The van der Waals surface area contributed by atoms with Crippen LogP contribution in [0, 0.1) is 0 Å². The Balaban J connectivity index is 2.00. The monoisotopic (exact) mass is 290 g/mol. The van der Waals surface area contributed by atoms with Gasteiger partial charge in [0.15, 0.2) is 0 Å². The summed E-state index contributed by atoms with van der Waals surface area (Å²) in [5.74, 6) is -0.279. The van der Waals surface area contributed by atoms with Crippen LogP contribution in [0.5, 0.6) is 5.75 Å². The van der Waals surface area contributed by atoms with E-state index in [1.165, 1.54) is 11.3 Å². The van der Waals surface area contributed by atoms with Crippen LogP contribution >= 0.6 is 11.3 Å². The summed E-state index contributed by atoms with van der Waals surface area (Å²) in [5, 5.41) is 1.79. The molecule has 1 aromatic carbocycles. The number of ether oxygens (including phenoxy) is 1. The van der Waals surface area contributed by atoms with Gasteiger partial charge in [-0.15, -0.1) is 11.3 Å². The fourth-order valence-electron chi connectivity index (χ4n) is 1.59. The van der Waals surface area contributed by atoms with Crippen molar-refractivity contribution in [3.8, 4) is 5.75 Å². The second kappa shape index (κ2) is 6.72. The third kappa shape index (κ3) is 3.36. The maximum atomic E-state index is 12.0. The van der Waals surface area contributed by atoms with Crippen molar-refractivity contribution in [2.24, 2.45) is 0 Å². The molecule has 2 amide bonds. The lowest BCUT2D eigenvalue weighted by Crippen LogP contribution is -2.41. The van der Waals surface area contributed by atoms with Crippen molar-refractivity contribution in [3.05, 3.63) is 52.2 Å². The van der Waals surface area contributed by atoms with Crippen LogP contribution in [0.2, 0.25) is 0 Å². The predicted octanol–water partition coefficient (Wildman–Crippen LogP) is 2.22. The molecule has 0 bridgehead atoms. The highest BCUT2D eigenvalue weighted by Crippen LogP contribution is 2.17. The summed E-state index contributed by atoms with van der Waals surface area (Å²) in [6.07, 6.45) is 0. The van der Waals surface area contributed by atoms with Gasteiger partial charge in [0, 0.05) is 0 Å². The minimum absolute atomic E-state index is 0.345. The number of benzene rings is 1. The summed E-state index contributed by atoms with van der Waals surface area (Å²) in [6, 6.07) is 10.3. The van der Waals surface area contributed by atoms with Gasteiger partial charge in [0.05, 0.1) is 17.0 Å². The molecule has 0 aliphatic carbocycles. The number of thiophene rings is 1. The minimum atomic E-state index is -0.418. The van der Waals surface area contributed by atoms with Gasteiger partial charge < -0.3 is 4.74 Å². The van der Waals surface area contributed by atoms with Crippen LogP contribution < -0.4 is 15.6 Å². The summed E-state index contributed by atoms with van der Waals surface area (Å²) in [7, 11) is 0. The van der Waals surface area contributed by atoms with Crippen LogP contribution in [0.25, 0.3) is 0 Å². The number of amides is 2. The van der Waals surface area contributed by atoms with Crippen molar-refractivity contribution in [2.45, 2.75) is 6.92 Å². The zero-order chi connectivity index (χ0) is 14.4. The molecule has 20 heavy (non-hydrogen) atoms. The highest BCUT2D eigenvalue weighted by atomic mass is 32.1. The van der Waals surface area contributed by atoms with Crippen LogP contribution in [0.3, 0.4) is 0 Å². The second-order valence-corrected chi connectivity index (χ2v) is 4.76. The molecule has 104 valence electrons. The van der Waals surface area contributed by atoms with Crippen LogP contribution in [0.15, 0.2) is 41.8 Å². The van der Waals surface area contributed by atoms with E-state index in [0.717, 1.165) is 0 Å². The second-order valence-electron chi connectivity index (χ2n) is 3.81. The lowest BCUT2D eigenvalue weighted by molar-refractivity contribution is 0.0846. The molecular formula is C14H14N2O3S. The first-order valence-electron chi connectivity index (χ1n) is 6.08. The van der Waals surface area contributed by atoms with E-state index in [2.05, 4.69) is 10.9 Å². The maximum absolute atomic E-state index is 12.0. The van der Waals surface area contributed by atoms with E-state index in [9.17, 15) is 9.59 Å². The summed E-state index contributed by atoms with van der Waals surface area (Å²) >= 11 is 1.30. The summed E-state index contributed by atoms with van der Waals surface area (Å²) in [6.45, 7) is 2.30. The number of carbonyl (C=O) groups is 2. The molecule has 0 aliphatic rings. The van der Waals surface area contributed by atoms with Crippen molar-refractivity contribution < 1.29 is 14.3 Å². The minimum Gasteiger partial charge on any atom is -0.493 e. The van der Waals surface area contributed by atoms with Gasteiger partial charge in [0.1, 0.15) is 5.75 Å². The van der Waals surface area contributed by atoms with Gasteiger partial charge in [0.25, 0.3) is 11.8 Å². The van der Waals surface area contributed by atoms with Gasteiger partial charge in [-0.3, -0.25) is 20.4 Å². The molecule has 1 aromatic heterocycles. The number of hydrogen-bond donors (Lipinski definition) is 2. The lowest BCUT2D eigenvalue weighted by atomic mass is 10.2. The Morgan fingerprint density at radius 3 is 2.55 bits per heavy atom. The van der Waals surface area contributed by atoms with Gasteiger partial charge in [-0.2, -0.15) is 0 Å². The van der Waals surface area contributed by atoms with Gasteiger partial charge in [-0.25, -0.2) is 0 Å². The molecule has 5 nitrogen and oxygen atoms in total. The molecule has 0 fully saturated rings. The highest BCUT2D eigenvalue weighted by Gasteiger charge is 2.13. The first-order valence-corrected chi connectivity index (χ1v) is 6.96. The Bertz CT molecular complexity index is 596. The normalized spacial score (nSPS) is 9.85. The van der Waals surface area contributed by atoms with Crippen molar-refractivity contribution in [1.29, 1.82) is 0 Å². The Labute approximate surface area is 120 Å². The average Bonchev–Trinajstić information content (AvgIpc) is 2.99. The number of nitrogens with one attached hydrogen (secondary N) is 2. The van der Waals surface area contributed by atoms with Gasteiger partial charge in [0.2, 0.25) is 0 Å². The van der Waals surface area contributed by atoms with E-state index in [1.807, 2.05) is 6.92 Å². The van der Waals surface area contributed by atoms with Crippen molar-refractivity contribution in [2.75, 3.05) is 6.61 Å². The largest absolute Gasteiger partial charge is 0.493 e. The van der Waals surface area contributed by atoms with E-state index in [-0.39, 0.29) is 5.91 Å². The Hall–Kier alpha value is -2.34. The first-order chi connectivity index (χ1) is 9.72. The van der Waals surface area contributed by atoms with E-state index < -0.39 is 5.91 Å². The smallest absolute Gasteiger partial charge is 0.279 e. The Morgan fingerprint density at radius 1 is 1.10 bits per heavy atom.